The van der Waals surface area contributed by atoms with Crippen LogP contribution < -0.4 is 5.32 Å². The number of allylic oxidation sites excluding steroid dienone is 2. The molecule has 166 valence electrons. The first-order chi connectivity index (χ1) is 15.3. The number of rotatable bonds is 8. The molecule has 0 saturated heterocycles. The van der Waals surface area contributed by atoms with Gasteiger partial charge in [-0.1, -0.05) is 24.3 Å². The first kappa shape index (κ1) is 22.8. The lowest BCUT2D eigenvalue weighted by atomic mass is 9.88. The standard InChI is InChI=1S/C25H25NO6/c1-15-20(23(30)25(32-3)24(31-2)22(15)29)14-17-6-4-16(5-7-17)8-13-21(28)26-18-9-11-19(27)12-10-18/h4-7,9-12,27H,8,13-14H2,1-3H3,(H,26,28). The highest BCUT2D eigenvalue weighted by atomic mass is 16.5. The van der Waals surface area contributed by atoms with Crippen LogP contribution in [-0.2, 0) is 36.7 Å². The molecule has 0 atom stereocenters. The number of benzene rings is 2. The van der Waals surface area contributed by atoms with Crippen molar-refractivity contribution in [2.45, 2.75) is 26.2 Å². The molecular weight excluding hydrogens is 410 g/mol. The fraction of sp³-hybridized carbons (Fsp3) is 0.240. The van der Waals surface area contributed by atoms with Crippen LogP contribution in [-0.4, -0.2) is 36.8 Å². The molecule has 0 radical (unpaired) electrons. The Morgan fingerprint density at radius 2 is 1.44 bits per heavy atom. The van der Waals surface area contributed by atoms with Crippen LogP contribution in [0.15, 0.2) is 71.2 Å². The Morgan fingerprint density at radius 1 is 0.875 bits per heavy atom. The Labute approximate surface area is 186 Å². The van der Waals surface area contributed by atoms with Crippen LogP contribution in [0.2, 0.25) is 0 Å². The number of phenolic OH excluding ortho intramolecular Hbond substituents is 1. The molecule has 0 unspecified atom stereocenters. The van der Waals surface area contributed by atoms with Gasteiger partial charge in [0, 0.05) is 29.7 Å². The van der Waals surface area contributed by atoms with Gasteiger partial charge in [-0.2, -0.15) is 0 Å². The normalized spacial score (nSPS) is 14.0. The highest BCUT2D eigenvalue weighted by Gasteiger charge is 2.34. The van der Waals surface area contributed by atoms with E-state index in [9.17, 15) is 19.5 Å². The summed E-state index contributed by atoms with van der Waals surface area (Å²) in [4.78, 5) is 37.4. The minimum absolute atomic E-state index is 0.0697. The summed E-state index contributed by atoms with van der Waals surface area (Å²) in [5.74, 6) is -0.831. The molecule has 1 aliphatic carbocycles. The number of hydrogen-bond acceptors (Lipinski definition) is 6. The number of phenols is 1. The van der Waals surface area contributed by atoms with E-state index < -0.39 is 0 Å². The minimum atomic E-state index is -0.352. The first-order valence-electron chi connectivity index (χ1n) is 10.1. The topological polar surface area (TPSA) is 102 Å². The number of amides is 1. The molecule has 0 bridgehead atoms. The van der Waals surface area contributed by atoms with E-state index in [1.165, 1.54) is 26.4 Å². The molecule has 0 fully saturated rings. The molecule has 3 rings (SSSR count). The van der Waals surface area contributed by atoms with Crippen molar-refractivity contribution >= 4 is 23.2 Å². The van der Waals surface area contributed by atoms with Gasteiger partial charge < -0.3 is 19.9 Å². The van der Waals surface area contributed by atoms with E-state index in [0.717, 1.165) is 11.1 Å². The van der Waals surface area contributed by atoms with Crippen molar-refractivity contribution in [2.75, 3.05) is 19.5 Å². The number of Topliss-reactive ketones (excluding diaryl/α,β-unsaturated/α-hetero) is 2. The van der Waals surface area contributed by atoms with Crippen molar-refractivity contribution in [3.63, 3.8) is 0 Å². The third kappa shape index (κ3) is 5.06. The molecule has 0 saturated carbocycles. The quantitative estimate of drug-likeness (QED) is 0.486. The fourth-order valence-corrected chi connectivity index (χ4v) is 3.46. The number of methoxy groups -OCH3 is 2. The van der Waals surface area contributed by atoms with Crippen LogP contribution in [0.1, 0.15) is 24.5 Å². The molecule has 2 N–H and O–H groups in total. The van der Waals surface area contributed by atoms with Crippen LogP contribution >= 0.6 is 0 Å². The number of aromatic hydroxyl groups is 1. The van der Waals surface area contributed by atoms with Gasteiger partial charge in [-0.05, 0) is 48.7 Å². The van der Waals surface area contributed by atoms with Crippen molar-refractivity contribution in [1.29, 1.82) is 0 Å². The van der Waals surface area contributed by atoms with Gasteiger partial charge in [-0.25, -0.2) is 0 Å². The van der Waals surface area contributed by atoms with Crippen LogP contribution in [0.4, 0.5) is 5.69 Å². The Morgan fingerprint density at radius 3 is 2.03 bits per heavy atom. The van der Waals surface area contributed by atoms with Crippen molar-refractivity contribution in [1.82, 2.24) is 0 Å². The number of nitrogens with one attached hydrogen (secondary N) is 1. The average Bonchev–Trinajstić information content (AvgIpc) is 2.80. The van der Waals surface area contributed by atoms with Crippen LogP contribution in [0.3, 0.4) is 0 Å². The molecule has 32 heavy (non-hydrogen) atoms. The van der Waals surface area contributed by atoms with E-state index in [4.69, 9.17) is 9.47 Å². The fourth-order valence-electron chi connectivity index (χ4n) is 3.46. The Bertz CT molecular complexity index is 1090. The molecule has 0 aromatic heterocycles. The maximum atomic E-state index is 12.8. The zero-order valence-corrected chi connectivity index (χ0v) is 18.2. The SMILES string of the molecule is COC1=C(OC)C(=O)C(Cc2ccc(CCC(=O)Nc3ccc(O)cc3)cc2)=C(C)C1=O. The number of anilines is 1. The maximum absolute atomic E-state index is 12.8. The van der Waals surface area contributed by atoms with Gasteiger partial charge in [0.15, 0.2) is 0 Å². The second-order valence-electron chi connectivity index (χ2n) is 7.42. The van der Waals surface area contributed by atoms with E-state index in [0.29, 0.717) is 36.1 Å². The number of hydrogen-bond donors (Lipinski definition) is 2. The molecular formula is C25H25NO6. The number of ether oxygens (including phenoxy) is 2. The Balaban J connectivity index is 1.61. The lowest BCUT2D eigenvalue weighted by Gasteiger charge is -2.20. The summed E-state index contributed by atoms with van der Waals surface area (Å²) in [5, 5.41) is 12.1. The van der Waals surface area contributed by atoms with Gasteiger partial charge in [0.1, 0.15) is 5.75 Å². The van der Waals surface area contributed by atoms with Crippen LogP contribution in [0.5, 0.6) is 5.75 Å². The predicted molar refractivity (Wildman–Crippen MR) is 119 cm³/mol. The van der Waals surface area contributed by atoms with E-state index in [-0.39, 0.29) is 34.7 Å². The highest BCUT2D eigenvalue weighted by Crippen LogP contribution is 2.28. The van der Waals surface area contributed by atoms with Gasteiger partial charge in [0.05, 0.1) is 14.2 Å². The van der Waals surface area contributed by atoms with Crippen molar-refractivity contribution in [3.05, 3.63) is 82.3 Å². The second kappa shape index (κ2) is 9.96. The van der Waals surface area contributed by atoms with E-state index in [1.54, 1.807) is 19.1 Å². The minimum Gasteiger partial charge on any atom is -0.508 e. The highest BCUT2D eigenvalue weighted by molar-refractivity contribution is 6.23. The van der Waals surface area contributed by atoms with E-state index in [1.807, 2.05) is 24.3 Å². The van der Waals surface area contributed by atoms with Gasteiger partial charge in [-0.3, -0.25) is 14.4 Å². The van der Waals surface area contributed by atoms with E-state index in [2.05, 4.69) is 5.32 Å². The monoisotopic (exact) mass is 435 g/mol. The number of carbonyl (C=O) groups excluding carboxylic acids is 3. The van der Waals surface area contributed by atoms with Crippen molar-refractivity contribution in [2.24, 2.45) is 0 Å². The summed E-state index contributed by atoms with van der Waals surface area (Å²) in [6, 6.07) is 13.9. The molecule has 0 spiro atoms. The average molecular weight is 435 g/mol. The maximum Gasteiger partial charge on any atom is 0.228 e. The zero-order valence-electron chi connectivity index (χ0n) is 18.2. The third-order valence-corrected chi connectivity index (χ3v) is 5.29. The van der Waals surface area contributed by atoms with Crippen molar-refractivity contribution < 1.29 is 29.0 Å². The predicted octanol–water partition coefficient (Wildman–Crippen LogP) is 3.48. The van der Waals surface area contributed by atoms with Crippen LogP contribution in [0, 0.1) is 0 Å². The first-order valence-corrected chi connectivity index (χ1v) is 10.1. The summed E-state index contributed by atoms with van der Waals surface area (Å²) < 4.78 is 10.2. The molecule has 0 aliphatic heterocycles. The lowest BCUT2D eigenvalue weighted by Crippen LogP contribution is -2.26. The molecule has 7 heteroatoms. The Kier molecular flexibility index (Phi) is 7.10. The number of ketones is 2. The van der Waals surface area contributed by atoms with Crippen LogP contribution in [0.25, 0.3) is 0 Å². The summed E-state index contributed by atoms with van der Waals surface area (Å²) >= 11 is 0. The molecule has 2 aromatic carbocycles. The molecule has 7 nitrogen and oxygen atoms in total. The third-order valence-electron chi connectivity index (χ3n) is 5.29. The second-order valence-corrected chi connectivity index (χ2v) is 7.42. The summed E-state index contributed by atoms with van der Waals surface area (Å²) in [6.07, 6.45) is 1.15. The summed E-state index contributed by atoms with van der Waals surface area (Å²) in [7, 11) is 2.67. The van der Waals surface area contributed by atoms with Gasteiger partial charge in [0.2, 0.25) is 29.0 Å². The number of carbonyl (C=O) groups is 3. The van der Waals surface area contributed by atoms with Crippen molar-refractivity contribution in [3.8, 4) is 5.75 Å². The number of aryl methyl sites for hydroxylation is 1. The molecule has 1 amide bonds. The molecule has 0 heterocycles. The van der Waals surface area contributed by atoms with Gasteiger partial charge >= 0.3 is 0 Å². The van der Waals surface area contributed by atoms with Gasteiger partial charge in [-0.15, -0.1) is 0 Å². The zero-order chi connectivity index (χ0) is 23.3. The lowest BCUT2D eigenvalue weighted by molar-refractivity contribution is -0.121. The summed E-state index contributed by atoms with van der Waals surface area (Å²) in [5.41, 5.74) is 3.20. The molecule has 1 aliphatic rings. The van der Waals surface area contributed by atoms with Gasteiger partial charge in [0.25, 0.3) is 0 Å². The smallest absolute Gasteiger partial charge is 0.228 e. The van der Waals surface area contributed by atoms with E-state index >= 15 is 0 Å². The molecule has 2 aromatic rings. The largest absolute Gasteiger partial charge is 0.508 e. The summed E-state index contributed by atoms with van der Waals surface area (Å²) in [6.45, 7) is 1.61. The Hall–Kier alpha value is -3.87.